The molecule has 17 heavy (non-hydrogen) atoms. The standard InChI is InChI=1S/C14H19Cl2N/c15-8-10-17(11-9-16)14-7-3-5-12-4-1-2-6-13(12)14/h1-2,4,6,14H,3,5,7-11H2/t14-/m1/s1. The van der Waals surface area contributed by atoms with Crippen LogP contribution in [0, 0.1) is 0 Å². The van der Waals surface area contributed by atoms with E-state index < -0.39 is 0 Å². The Morgan fingerprint density at radius 1 is 1.12 bits per heavy atom. The van der Waals surface area contributed by atoms with E-state index in [9.17, 15) is 0 Å². The van der Waals surface area contributed by atoms with E-state index in [1.54, 1.807) is 0 Å². The molecule has 1 aromatic rings. The van der Waals surface area contributed by atoms with E-state index in [4.69, 9.17) is 23.2 Å². The van der Waals surface area contributed by atoms with Crippen molar-refractivity contribution in [1.82, 2.24) is 4.90 Å². The molecular weight excluding hydrogens is 253 g/mol. The van der Waals surface area contributed by atoms with E-state index in [2.05, 4.69) is 29.2 Å². The van der Waals surface area contributed by atoms with Crippen molar-refractivity contribution < 1.29 is 0 Å². The molecule has 0 saturated carbocycles. The van der Waals surface area contributed by atoms with Crippen molar-refractivity contribution in [3.8, 4) is 0 Å². The number of nitrogens with zero attached hydrogens (tertiary/aromatic N) is 1. The van der Waals surface area contributed by atoms with Crippen molar-refractivity contribution in [2.45, 2.75) is 25.3 Å². The zero-order valence-corrected chi connectivity index (χ0v) is 11.6. The number of hydrogen-bond donors (Lipinski definition) is 0. The molecule has 0 fully saturated rings. The summed E-state index contributed by atoms with van der Waals surface area (Å²) < 4.78 is 0. The summed E-state index contributed by atoms with van der Waals surface area (Å²) in [6.07, 6.45) is 3.70. The van der Waals surface area contributed by atoms with Gasteiger partial charge < -0.3 is 0 Å². The molecule has 1 atom stereocenters. The van der Waals surface area contributed by atoms with Gasteiger partial charge in [0, 0.05) is 30.9 Å². The summed E-state index contributed by atoms with van der Waals surface area (Å²) >= 11 is 11.8. The third-order valence-electron chi connectivity index (χ3n) is 3.52. The highest BCUT2D eigenvalue weighted by atomic mass is 35.5. The average Bonchev–Trinajstić information content (AvgIpc) is 2.38. The van der Waals surface area contributed by atoms with Crippen LogP contribution in [0.5, 0.6) is 0 Å². The van der Waals surface area contributed by atoms with Crippen LogP contribution in [0.25, 0.3) is 0 Å². The van der Waals surface area contributed by atoms with Gasteiger partial charge in [0.1, 0.15) is 0 Å². The van der Waals surface area contributed by atoms with Crippen molar-refractivity contribution in [2.75, 3.05) is 24.8 Å². The minimum Gasteiger partial charge on any atom is -0.294 e. The molecule has 0 spiro atoms. The third kappa shape index (κ3) is 3.15. The summed E-state index contributed by atoms with van der Waals surface area (Å²) in [5.74, 6) is 1.35. The molecule has 0 heterocycles. The number of hydrogen-bond acceptors (Lipinski definition) is 1. The van der Waals surface area contributed by atoms with E-state index in [-0.39, 0.29) is 0 Å². The first-order valence-electron chi connectivity index (χ1n) is 6.30. The second-order valence-electron chi connectivity index (χ2n) is 4.52. The van der Waals surface area contributed by atoms with Crippen molar-refractivity contribution in [3.05, 3.63) is 35.4 Å². The Morgan fingerprint density at radius 2 is 1.82 bits per heavy atom. The molecule has 1 aromatic carbocycles. The molecule has 0 aromatic heterocycles. The maximum Gasteiger partial charge on any atom is 0.0351 e. The van der Waals surface area contributed by atoms with Crippen LogP contribution < -0.4 is 0 Å². The van der Waals surface area contributed by atoms with Gasteiger partial charge in [-0.25, -0.2) is 0 Å². The highest BCUT2D eigenvalue weighted by Gasteiger charge is 2.24. The van der Waals surface area contributed by atoms with E-state index in [0.717, 1.165) is 13.1 Å². The van der Waals surface area contributed by atoms with Gasteiger partial charge in [-0.15, -0.1) is 23.2 Å². The SMILES string of the molecule is ClCCN(CCCl)[C@@H]1CCCc2ccccc21. The van der Waals surface area contributed by atoms with Gasteiger partial charge in [0.2, 0.25) is 0 Å². The van der Waals surface area contributed by atoms with Gasteiger partial charge >= 0.3 is 0 Å². The molecule has 1 aliphatic carbocycles. The molecule has 94 valence electrons. The molecule has 3 heteroatoms. The molecule has 1 aliphatic rings. The topological polar surface area (TPSA) is 3.24 Å². The Kier molecular flexibility index (Phi) is 5.15. The molecule has 1 nitrogen and oxygen atoms in total. The first-order valence-corrected chi connectivity index (χ1v) is 7.37. The molecule has 0 radical (unpaired) electrons. The number of benzene rings is 1. The zero-order chi connectivity index (χ0) is 12.1. The lowest BCUT2D eigenvalue weighted by molar-refractivity contribution is 0.200. The van der Waals surface area contributed by atoms with Gasteiger partial charge in [-0.1, -0.05) is 24.3 Å². The maximum absolute atomic E-state index is 5.89. The average molecular weight is 272 g/mol. The Balaban J connectivity index is 2.20. The Bertz CT molecular complexity index is 348. The smallest absolute Gasteiger partial charge is 0.0351 e. The van der Waals surface area contributed by atoms with Crippen LogP contribution in [-0.2, 0) is 6.42 Å². The lowest BCUT2D eigenvalue weighted by Gasteiger charge is -2.35. The normalized spacial score (nSPS) is 19.4. The van der Waals surface area contributed by atoms with Gasteiger partial charge in [-0.05, 0) is 30.4 Å². The minimum atomic E-state index is 0.512. The lowest BCUT2D eigenvalue weighted by atomic mass is 9.87. The number of rotatable bonds is 5. The van der Waals surface area contributed by atoms with Gasteiger partial charge in [0.05, 0.1) is 0 Å². The first-order chi connectivity index (χ1) is 8.36. The molecule has 0 N–H and O–H groups in total. The molecule has 0 unspecified atom stereocenters. The fourth-order valence-corrected chi connectivity index (χ4v) is 3.18. The monoisotopic (exact) mass is 271 g/mol. The Labute approximate surface area is 114 Å². The van der Waals surface area contributed by atoms with Gasteiger partial charge in [-0.2, -0.15) is 0 Å². The van der Waals surface area contributed by atoms with Crippen LogP contribution in [0.2, 0.25) is 0 Å². The summed E-state index contributed by atoms with van der Waals surface area (Å²) in [5, 5.41) is 0. The van der Waals surface area contributed by atoms with Crippen molar-refractivity contribution >= 4 is 23.2 Å². The maximum atomic E-state index is 5.89. The summed E-state index contributed by atoms with van der Waals surface area (Å²) in [7, 11) is 0. The van der Waals surface area contributed by atoms with Crippen LogP contribution in [0.15, 0.2) is 24.3 Å². The molecule has 2 rings (SSSR count). The van der Waals surface area contributed by atoms with Crippen molar-refractivity contribution in [2.24, 2.45) is 0 Å². The predicted molar refractivity (Wildman–Crippen MR) is 75.1 cm³/mol. The van der Waals surface area contributed by atoms with Crippen LogP contribution in [0.4, 0.5) is 0 Å². The molecule has 0 bridgehead atoms. The van der Waals surface area contributed by atoms with Crippen molar-refractivity contribution in [1.29, 1.82) is 0 Å². The van der Waals surface area contributed by atoms with Gasteiger partial charge in [0.15, 0.2) is 0 Å². The Hall–Kier alpha value is -0.240. The van der Waals surface area contributed by atoms with Crippen LogP contribution in [0.1, 0.15) is 30.0 Å². The van der Waals surface area contributed by atoms with E-state index in [0.29, 0.717) is 17.8 Å². The molecule has 0 aliphatic heterocycles. The summed E-state index contributed by atoms with van der Waals surface area (Å²) in [4.78, 5) is 2.43. The fraction of sp³-hybridized carbons (Fsp3) is 0.571. The largest absolute Gasteiger partial charge is 0.294 e. The first kappa shape index (κ1) is 13.2. The number of aryl methyl sites for hydroxylation is 1. The van der Waals surface area contributed by atoms with Crippen LogP contribution in [0.3, 0.4) is 0 Å². The highest BCUT2D eigenvalue weighted by Crippen LogP contribution is 2.33. The molecular formula is C14H19Cl2N. The number of alkyl halides is 2. The molecule has 0 saturated heterocycles. The van der Waals surface area contributed by atoms with E-state index >= 15 is 0 Å². The minimum absolute atomic E-state index is 0.512. The predicted octanol–water partition coefficient (Wildman–Crippen LogP) is 3.84. The Morgan fingerprint density at radius 3 is 2.53 bits per heavy atom. The number of fused-ring (bicyclic) bond motifs is 1. The van der Waals surface area contributed by atoms with Crippen molar-refractivity contribution in [3.63, 3.8) is 0 Å². The summed E-state index contributed by atoms with van der Waals surface area (Å²) in [5.41, 5.74) is 2.98. The quantitative estimate of drug-likeness (QED) is 0.736. The van der Waals surface area contributed by atoms with E-state index in [1.807, 2.05) is 0 Å². The second-order valence-corrected chi connectivity index (χ2v) is 5.28. The van der Waals surface area contributed by atoms with Gasteiger partial charge in [-0.3, -0.25) is 4.90 Å². The molecule has 0 amide bonds. The second kappa shape index (κ2) is 6.63. The zero-order valence-electron chi connectivity index (χ0n) is 10.0. The fourth-order valence-electron chi connectivity index (χ4n) is 2.75. The highest BCUT2D eigenvalue weighted by molar-refractivity contribution is 6.18. The van der Waals surface area contributed by atoms with E-state index in [1.165, 1.54) is 30.4 Å². The third-order valence-corrected chi connectivity index (χ3v) is 3.86. The number of halogens is 2. The van der Waals surface area contributed by atoms with Crippen LogP contribution >= 0.6 is 23.2 Å². The van der Waals surface area contributed by atoms with Gasteiger partial charge in [0.25, 0.3) is 0 Å². The summed E-state index contributed by atoms with van der Waals surface area (Å²) in [6.45, 7) is 1.85. The lowest BCUT2D eigenvalue weighted by Crippen LogP contribution is -2.34. The summed E-state index contributed by atoms with van der Waals surface area (Å²) in [6, 6.07) is 9.29. The van der Waals surface area contributed by atoms with Crippen LogP contribution in [-0.4, -0.2) is 29.7 Å².